The van der Waals surface area contributed by atoms with Crippen LogP contribution in [-0.4, -0.2) is 41.2 Å². The Bertz CT molecular complexity index is 818. The number of hydrogen-bond donors (Lipinski definition) is 2. The minimum atomic E-state index is -4.35. The Morgan fingerprint density at radius 3 is 2.87 bits per heavy atom. The first-order chi connectivity index (χ1) is 14.5. The van der Waals surface area contributed by atoms with Crippen LogP contribution in [0.15, 0.2) is 48.8 Å². The molecule has 162 valence electrons. The topological polar surface area (TPSA) is 49.4 Å². The van der Waals surface area contributed by atoms with Crippen LogP contribution in [0.1, 0.15) is 36.8 Å². The molecular formula is C22H27F3N4O. The molecule has 2 saturated heterocycles. The largest absolute Gasteiger partial charge is 0.494 e. The Morgan fingerprint density at radius 2 is 2.07 bits per heavy atom. The quantitative estimate of drug-likeness (QED) is 0.714. The van der Waals surface area contributed by atoms with Crippen LogP contribution < -0.4 is 15.6 Å². The second kappa shape index (κ2) is 9.32. The molecule has 4 rings (SSSR count). The third-order valence-electron chi connectivity index (χ3n) is 5.89. The summed E-state index contributed by atoms with van der Waals surface area (Å²) in [6.45, 7) is 2.36. The highest BCUT2D eigenvalue weighted by atomic mass is 19.4. The highest BCUT2D eigenvalue weighted by Gasteiger charge is 2.36. The molecule has 0 aliphatic carbocycles. The summed E-state index contributed by atoms with van der Waals surface area (Å²) in [6.07, 6.45) is 3.41. The molecule has 0 radical (unpaired) electrons. The van der Waals surface area contributed by atoms with Crippen LogP contribution in [0.4, 0.5) is 13.2 Å². The van der Waals surface area contributed by atoms with E-state index >= 15 is 0 Å². The number of benzene rings is 1. The van der Waals surface area contributed by atoms with Crippen molar-refractivity contribution in [2.45, 2.75) is 56.5 Å². The predicted molar refractivity (Wildman–Crippen MR) is 108 cm³/mol. The highest BCUT2D eigenvalue weighted by Crippen LogP contribution is 2.31. The summed E-state index contributed by atoms with van der Waals surface area (Å²) >= 11 is 0. The van der Waals surface area contributed by atoms with Gasteiger partial charge >= 0.3 is 6.18 Å². The number of likely N-dealkylation sites (tertiary alicyclic amines) is 1. The number of ether oxygens (including phenoxy) is 1. The third kappa shape index (κ3) is 5.30. The monoisotopic (exact) mass is 420 g/mol. The van der Waals surface area contributed by atoms with Crippen LogP contribution >= 0.6 is 0 Å². The van der Waals surface area contributed by atoms with Gasteiger partial charge in [-0.2, -0.15) is 13.2 Å². The Morgan fingerprint density at radius 1 is 1.17 bits per heavy atom. The van der Waals surface area contributed by atoms with E-state index < -0.39 is 11.7 Å². The average molecular weight is 420 g/mol. The Kier molecular flexibility index (Phi) is 6.55. The van der Waals surface area contributed by atoms with Crippen molar-refractivity contribution in [1.29, 1.82) is 0 Å². The second-order valence-corrected chi connectivity index (χ2v) is 8.03. The lowest BCUT2D eigenvalue weighted by molar-refractivity contribution is -0.137. The number of hydrazine groups is 1. The van der Waals surface area contributed by atoms with Gasteiger partial charge in [-0.15, -0.1) is 0 Å². The first kappa shape index (κ1) is 21.1. The van der Waals surface area contributed by atoms with Crippen molar-refractivity contribution in [3.05, 3.63) is 59.9 Å². The molecule has 1 aromatic carbocycles. The minimum absolute atomic E-state index is 0.238. The van der Waals surface area contributed by atoms with Crippen molar-refractivity contribution in [1.82, 2.24) is 20.7 Å². The van der Waals surface area contributed by atoms with Gasteiger partial charge in [-0.25, -0.2) is 0 Å². The number of halogens is 3. The maximum Gasteiger partial charge on any atom is 0.416 e. The Labute approximate surface area is 174 Å². The van der Waals surface area contributed by atoms with Crippen molar-refractivity contribution in [2.75, 3.05) is 13.2 Å². The number of hydrogen-bond acceptors (Lipinski definition) is 5. The van der Waals surface area contributed by atoms with Gasteiger partial charge in [0.05, 0.1) is 12.2 Å². The van der Waals surface area contributed by atoms with Crippen molar-refractivity contribution in [2.24, 2.45) is 0 Å². The van der Waals surface area contributed by atoms with E-state index in [9.17, 15) is 13.2 Å². The van der Waals surface area contributed by atoms with E-state index in [0.29, 0.717) is 18.7 Å². The number of nitrogens with one attached hydrogen (secondary N) is 2. The van der Waals surface area contributed by atoms with Crippen molar-refractivity contribution < 1.29 is 17.9 Å². The van der Waals surface area contributed by atoms with Crippen LogP contribution in [0.3, 0.4) is 0 Å². The van der Waals surface area contributed by atoms with Gasteiger partial charge < -0.3 is 4.74 Å². The van der Waals surface area contributed by atoms with Gasteiger partial charge in [-0.05, 0) is 62.1 Å². The van der Waals surface area contributed by atoms with Crippen LogP contribution in [0.5, 0.6) is 5.75 Å². The van der Waals surface area contributed by atoms with Crippen molar-refractivity contribution >= 4 is 0 Å². The Balaban J connectivity index is 1.25. The normalized spacial score (nSPS) is 25.0. The summed E-state index contributed by atoms with van der Waals surface area (Å²) in [5.41, 5.74) is 7.31. The van der Waals surface area contributed by atoms with Gasteiger partial charge in [0.25, 0.3) is 0 Å². The fourth-order valence-electron chi connectivity index (χ4n) is 4.40. The average Bonchev–Trinajstić information content (AvgIpc) is 3.38. The second-order valence-electron chi connectivity index (χ2n) is 8.03. The van der Waals surface area contributed by atoms with Crippen LogP contribution in [-0.2, 0) is 12.7 Å². The minimum Gasteiger partial charge on any atom is -0.494 e. The van der Waals surface area contributed by atoms with E-state index in [1.165, 1.54) is 18.1 Å². The molecule has 8 heteroatoms. The summed E-state index contributed by atoms with van der Waals surface area (Å²) in [6, 6.07) is 10.2. The molecule has 2 aliphatic heterocycles. The molecule has 3 unspecified atom stereocenters. The van der Waals surface area contributed by atoms with E-state index in [4.69, 9.17) is 4.74 Å². The highest BCUT2D eigenvalue weighted by molar-refractivity contribution is 5.30. The molecule has 30 heavy (non-hydrogen) atoms. The van der Waals surface area contributed by atoms with E-state index in [0.717, 1.165) is 44.5 Å². The molecule has 2 N–H and O–H groups in total. The molecule has 2 aromatic rings. The van der Waals surface area contributed by atoms with Gasteiger partial charge in [-0.1, -0.05) is 12.1 Å². The first-order valence-corrected chi connectivity index (χ1v) is 10.4. The fraction of sp³-hybridized carbons (Fsp3) is 0.500. The number of aromatic nitrogens is 1. The van der Waals surface area contributed by atoms with Crippen molar-refractivity contribution in [3.63, 3.8) is 0 Å². The zero-order valence-electron chi connectivity index (χ0n) is 16.7. The summed E-state index contributed by atoms with van der Waals surface area (Å²) in [7, 11) is 0. The van der Waals surface area contributed by atoms with E-state index in [1.807, 2.05) is 12.3 Å². The maximum absolute atomic E-state index is 12.8. The van der Waals surface area contributed by atoms with E-state index in [1.54, 1.807) is 12.3 Å². The molecule has 3 heterocycles. The molecular weight excluding hydrogens is 393 g/mol. The van der Waals surface area contributed by atoms with E-state index in [2.05, 4.69) is 26.8 Å². The summed E-state index contributed by atoms with van der Waals surface area (Å²) < 4.78 is 44.0. The molecule has 0 saturated carbocycles. The van der Waals surface area contributed by atoms with Crippen LogP contribution in [0.2, 0.25) is 0 Å². The van der Waals surface area contributed by atoms with Gasteiger partial charge in [-0.3, -0.25) is 20.7 Å². The zero-order valence-corrected chi connectivity index (χ0v) is 16.7. The molecule has 0 bridgehead atoms. The lowest BCUT2D eigenvalue weighted by Crippen LogP contribution is -2.45. The van der Waals surface area contributed by atoms with Crippen LogP contribution in [0, 0.1) is 0 Å². The summed E-state index contributed by atoms with van der Waals surface area (Å²) in [5.74, 6) is 0.255. The molecule has 0 spiro atoms. The predicted octanol–water partition coefficient (Wildman–Crippen LogP) is 3.77. The molecule has 3 atom stereocenters. The third-order valence-corrected chi connectivity index (χ3v) is 5.89. The maximum atomic E-state index is 12.8. The van der Waals surface area contributed by atoms with Crippen molar-refractivity contribution in [3.8, 4) is 5.75 Å². The smallest absolute Gasteiger partial charge is 0.416 e. The molecule has 0 amide bonds. The van der Waals surface area contributed by atoms with Gasteiger partial charge in [0.2, 0.25) is 0 Å². The lowest BCUT2D eigenvalue weighted by atomic mass is 9.99. The zero-order chi connectivity index (χ0) is 21.0. The number of pyridine rings is 1. The SMILES string of the molecule is FC(F)(F)c1cccc(OCCC2CC(C3CCCN3Cc3cccnc3)NN2)c1. The number of nitrogens with zero attached hydrogens (tertiary/aromatic N) is 2. The fourth-order valence-corrected chi connectivity index (χ4v) is 4.40. The van der Waals surface area contributed by atoms with Gasteiger partial charge in [0.1, 0.15) is 5.75 Å². The lowest BCUT2D eigenvalue weighted by Gasteiger charge is -2.29. The summed E-state index contributed by atoms with van der Waals surface area (Å²) in [4.78, 5) is 6.72. The van der Waals surface area contributed by atoms with Gasteiger partial charge in [0, 0.05) is 37.1 Å². The van der Waals surface area contributed by atoms with E-state index in [-0.39, 0.29) is 11.8 Å². The number of alkyl halides is 3. The summed E-state index contributed by atoms with van der Waals surface area (Å²) in [5, 5.41) is 0. The standard InChI is InChI=1S/C22H27F3N4O/c23-22(24,25)17-5-1-6-19(12-17)30-11-8-18-13-20(28-27-18)21-7-3-10-29(21)15-16-4-2-9-26-14-16/h1-2,4-6,9,12,14,18,20-21,27-28H,3,7-8,10-11,13,15H2. The van der Waals surface area contributed by atoms with Crippen LogP contribution in [0.25, 0.3) is 0 Å². The number of rotatable bonds is 7. The molecule has 1 aromatic heterocycles. The van der Waals surface area contributed by atoms with Gasteiger partial charge in [0.15, 0.2) is 0 Å². The Hall–Kier alpha value is -2.16. The molecule has 2 fully saturated rings. The molecule has 5 nitrogen and oxygen atoms in total. The first-order valence-electron chi connectivity index (χ1n) is 10.4. The molecule has 2 aliphatic rings.